The summed E-state index contributed by atoms with van der Waals surface area (Å²) < 4.78 is 16.3. The van der Waals surface area contributed by atoms with Crippen LogP contribution in [0.25, 0.3) is 0 Å². The lowest BCUT2D eigenvalue weighted by Gasteiger charge is -2.21. The molecule has 0 saturated heterocycles. The van der Waals surface area contributed by atoms with Crippen LogP contribution >= 0.6 is 0 Å². The second-order valence-electron chi connectivity index (χ2n) is 8.19. The molecule has 0 spiro atoms. The van der Waals surface area contributed by atoms with Crippen LogP contribution in [0.15, 0.2) is 103 Å². The number of hydrogen-bond donors (Lipinski definition) is 2. The van der Waals surface area contributed by atoms with Crippen molar-refractivity contribution in [2.75, 3.05) is 14.2 Å². The van der Waals surface area contributed by atoms with Gasteiger partial charge in [-0.2, -0.15) is 0 Å². The van der Waals surface area contributed by atoms with Crippen LogP contribution in [0.2, 0.25) is 0 Å². The lowest BCUT2D eigenvalue weighted by Crippen LogP contribution is -2.41. The molecule has 0 aliphatic heterocycles. The zero-order chi connectivity index (χ0) is 26.0. The zero-order valence-electron chi connectivity index (χ0n) is 20.6. The van der Waals surface area contributed by atoms with E-state index >= 15 is 0 Å². The third kappa shape index (κ3) is 6.89. The van der Waals surface area contributed by atoms with E-state index < -0.39 is 6.17 Å². The van der Waals surface area contributed by atoms with Crippen LogP contribution in [0.3, 0.4) is 0 Å². The van der Waals surface area contributed by atoms with Gasteiger partial charge in [0.05, 0.1) is 14.2 Å². The Morgan fingerprint density at radius 1 is 0.649 bits per heavy atom. The summed E-state index contributed by atoms with van der Waals surface area (Å²) in [5, 5.41) is 5.82. The Hall–Kier alpha value is -4.78. The number of ether oxygens (including phenoxy) is 3. The second kappa shape index (κ2) is 12.3. The average Bonchev–Trinajstić information content (AvgIpc) is 2.96. The molecule has 0 aliphatic carbocycles. The number of nitrogens with one attached hydrogen (secondary N) is 2. The minimum Gasteiger partial charge on any atom is -0.497 e. The third-order valence-corrected chi connectivity index (χ3v) is 5.68. The Morgan fingerprint density at radius 3 is 1.70 bits per heavy atom. The van der Waals surface area contributed by atoms with E-state index in [0.717, 1.165) is 5.56 Å². The molecule has 7 heteroatoms. The standard InChI is InChI=1S/C30H28N2O5/c1-35-26-12-6-10-23(18-26)29(33)31-28(32-30(34)24-11-7-13-27(19-24)36-2)22-14-16-25(17-15-22)37-20-21-8-4-3-5-9-21/h3-19,28H,20H2,1-2H3,(H,31,33)(H,32,34). The summed E-state index contributed by atoms with van der Waals surface area (Å²) in [5.41, 5.74) is 2.55. The molecule has 0 heterocycles. The van der Waals surface area contributed by atoms with Crippen molar-refractivity contribution in [2.45, 2.75) is 12.8 Å². The summed E-state index contributed by atoms with van der Waals surface area (Å²) in [5.74, 6) is 1.07. The van der Waals surface area contributed by atoms with E-state index in [0.29, 0.717) is 40.5 Å². The van der Waals surface area contributed by atoms with Gasteiger partial charge in [-0.05, 0) is 59.7 Å². The fraction of sp³-hybridized carbons (Fsp3) is 0.133. The Balaban J connectivity index is 1.54. The molecule has 37 heavy (non-hydrogen) atoms. The average molecular weight is 497 g/mol. The van der Waals surface area contributed by atoms with Crippen molar-refractivity contribution in [2.24, 2.45) is 0 Å². The third-order valence-electron chi connectivity index (χ3n) is 5.68. The van der Waals surface area contributed by atoms with E-state index in [1.165, 1.54) is 14.2 Å². The highest BCUT2D eigenvalue weighted by molar-refractivity contribution is 5.97. The van der Waals surface area contributed by atoms with Crippen molar-refractivity contribution in [3.8, 4) is 17.2 Å². The summed E-state index contributed by atoms with van der Waals surface area (Å²) in [6.45, 7) is 0.433. The lowest BCUT2D eigenvalue weighted by molar-refractivity contribution is 0.0883. The van der Waals surface area contributed by atoms with Crippen molar-refractivity contribution in [1.29, 1.82) is 0 Å². The fourth-order valence-corrected chi connectivity index (χ4v) is 3.66. The number of carbonyl (C=O) groups is 2. The van der Waals surface area contributed by atoms with Crippen LogP contribution < -0.4 is 24.8 Å². The molecule has 4 aromatic carbocycles. The topological polar surface area (TPSA) is 85.9 Å². The smallest absolute Gasteiger partial charge is 0.253 e. The highest BCUT2D eigenvalue weighted by atomic mass is 16.5. The quantitative estimate of drug-likeness (QED) is 0.297. The zero-order valence-corrected chi connectivity index (χ0v) is 20.6. The van der Waals surface area contributed by atoms with E-state index in [1.807, 2.05) is 42.5 Å². The van der Waals surface area contributed by atoms with Crippen LogP contribution in [0.4, 0.5) is 0 Å². The van der Waals surface area contributed by atoms with Gasteiger partial charge in [-0.25, -0.2) is 0 Å². The van der Waals surface area contributed by atoms with Gasteiger partial charge in [0.25, 0.3) is 11.8 Å². The molecule has 2 amide bonds. The normalized spacial score (nSPS) is 10.5. The molecule has 0 fully saturated rings. The molecule has 0 radical (unpaired) electrons. The maximum absolute atomic E-state index is 13.1. The summed E-state index contributed by atoms with van der Waals surface area (Å²) in [7, 11) is 3.07. The molecular formula is C30H28N2O5. The summed E-state index contributed by atoms with van der Waals surface area (Å²) in [4.78, 5) is 26.2. The van der Waals surface area contributed by atoms with Gasteiger partial charge in [-0.3, -0.25) is 9.59 Å². The molecule has 7 nitrogen and oxygen atoms in total. The van der Waals surface area contributed by atoms with Gasteiger partial charge in [0.1, 0.15) is 30.0 Å². The predicted octanol–water partition coefficient (Wildman–Crippen LogP) is 5.14. The van der Waals surface area contributed by atoms with Gasteiger partial charge in [0, 0.05) is 11.1 Å². The SMILES string of the molecule is COc1cccc(C(=O)NC(NC(=O)c2cccc(OC)c2)c2ccc(OCc3ccccc3)cc2)c1. The van der Waals surface area contributed by atoms with E-state index in [2.05, 4.69) is 10.6 Å². The molecule has 0 unspecified atom stereocenters. The monoisotopic (exact) mass is 496 g/mol. The van der Waals surface area contributed by atoms with E-state index in [4.69, 9.17) is 14.2 Å². The van der Waals surface area contributed by atoms with Crippen molar-refractivity contribution in [3.05, 3.63) is 125 Å². The van der Waals surface area contributed by atoms with Crippen molar-refractivity contribution in [1.82, 2.24) is 10.6 Å². The lowest BCUT2D eigenvalue weighted by atomic mass is 10.1. The van der Waals surface area contributed by atoms with E-state index in [9.17, 15) is 9.59 Å². The summed E-state index contributed by atoms with van der Waals surface area (Å²) >= 11 is 0. The molecule has 0 aliphatic rings. The maximum atomic E-state index is 13.1. The minimum atomic E-state index is -0.805. The van der Waals surface area contributed by atoms with Crippen LogP contribution in [0.5, 0.6) is 17.2 Å². The molecular weight excluding hydrogens is 468 g/mol. The van der Waals surface area contributed by atoms with Gasteiger partial charge >= 0.3 is 0 Å². The van der Waals surface area contributed by atoms with Crippen LogP contribution in [-0.2, 0) is 6.61 Å². The second-order valence-corrected chi connectivity index (χ2v) is 8.19. The maximum Gasteiger partial charge on any atom is 0.253 e. The first kappa shape index (κ1) is 25.3. The number of methoxy groups -OCH3 is 2. The van der Waals surface area contributed by atoms with Crippen molar-refractivity contribution in [3.63, 3.8) is 0 Å². The van der Waals surface area contributed by atoms with Crippen molar-refractivity contribution >= 4 is 11.8 Å². The molecule has 4 rings (SSSR count). The van der Waals surface area contributed by atoms with Gasteiger partial charge < -0.3 is 24.8 Å². The Labute approximate surface area is 216 Å². The molecule has 0 atom stereocenters. The molecule has 4 aromatic rings. The van der Waals surface area contributed by atoms with Crippen LogP contribution in [0, 0.1) is 0 Å². The number of carbonyl (C=O) groups excluding carboxylic acids is 2. The van der Waals surface area contributed by atoms with E-state index in [-0.39, 0.29) is 11.8 Å². The van der Waals surface area contributed by atoms with Crippen LogP contribution in [0.1, 0.15) is 38.0 Å². The number of benzene rings is 4. The fourth-order valence-electron chi connectivity index (χ4n) is 3.66. The first-order valence-corrected chi connectivity index (χ1v) is 11.7. The summed E-state index contributed by atoms with van der Waals surface area (Å²) in [6.07, 6.45) is -0.805. The van der Waals surface area contributed by atoms with Gasteiger partial charge in [-0.1, -0.05) is 54.6 Å². The Morgan fingerprint density at radius 2 is 1.19 bits per heavy atom. The minimum absolute atomic E-state index is 0.362. The van der Waals surface area contributed by atoms with Gasteiger partial charge in [0.2, 0.25) is 0 Å². The summed E-state index contributed by atoms with van der Waals surface area (Å²) in [6, 6.07) is 30.7. The molecule has 0 aromatic heterocycles. The molecule has 0 bridgehead atoms. The first-order valence-electron chi connectivity index (χ1n) is 11.7. The molecule has 188 valence electrons. The number of hydrogen-bond acceptors (Lipinski definition) is 5. The van der Waals surface area contributed by atoms with Gasteiger partial charge in [0.15, 0.2) is 0 Å². The van der Waals surface area contributed by atoms with Crippen molar-refractivity contribution < 1.29 is 23.8 Å². The largest absolute Gasteiger partial charge is 0.497 e. The van der Waals surface area contributed by atoms with Gasteiger partial charge in [-0.15, -0.1) is 0 Å². The van der Waals surface area contributed by atoms with Crippen LogP contribution in [-0.4, -0.2) is 26.0 Å². The highest BCUT2D eigenvalue weighted by Crippen LogP contribution is 2.20. The predicted molar refractivity (Wildman–Crippen MR) is 141 cm³/mol. The Kier molecular flexibility index (Phi) is 8.39. The Bertz CT molecular complexity index is 1280. The number of amides is 2. The number of rotatable bonds is 10. The molecule has 0 saturated carbocycles. The molecule has 2 N–H and O–H groups in total. The first-order chi connectivity index (χ1) is 18.1. The van der Waals surface area contributed by atoms with E-state index in [1.54, 1.807) is 60.7 Å². The highest BCUT2D eigenvalue weighted by Gasteiger charge is 2.20.